The van der Waals surface area contributed by atoms with Gasteiger partial charge in [-0.2, -0.15) is 0 Å². The van der Waals surface area contributed by atoms with Crippen LogP contribution in [0.3, 0.4) is 0 Å². The molecule has 0 aromatic heterocycles. The molecular weight excluding hydrogens is 280 g/mol. The minimum atomic E-state index is -0.353. The zero-order chi connectivity index (χ0) is 16.1. The lowest BCUT2D eigenvalue weighted by atomic mass is 10.1. The first-order valence-corrected chi connectivity index (χ1v) is 6.86. The van der Waals surface area contributed by atoms with Crippen LogP contribution >= 0.6 is 0 Å². The number of urea groups is 1. The molecule has 0 fully saturated rings. The number of hydrogen-bond acceptors (Lipinski definition) is 4. The largest absolute Gasteiger partial charge is 0.495 e. The van der Waals surface area contributed by atoms with Crippen molar-refractivity contribution in [1.29, 1.82) is 0 Å². The summed E-state index contributed by atoms with van der Waals surface area (Å²) < 4.78 is 5.12. The number of benzene rings is 2. The Balaban J connectivity index is 2.05. The highest BCUT2D eigenvalue weighted by Crippen LogP contribution is 2.25. The summed E-state index contributed by atoms with van der Waals surface area (Å²) in [6, 6.07) is 12.0. The van der Waals surface area contributed by atoms with Crippen molar-refractivity contribution in [3.8, 4) is 5.75 Å². The third-order valence-electron chi connectivity index (χ3n) is 3.16. The molecule has 0 unspecified atom stereocenters. The van der Waals surface area contributed by atoms with Gasteiger partial charge in [0.15, 0.2) is 0 Å². The van der Waals surface area contributed by atoms with Crippen molar-refractivity contribution >= 4 is 23.1 Å². The normalized spacial score (nSPS) is 11.6. The van der Waals surface area contributed by atoms with Gasteiger partial charge in [-0.1, -0.05) is 12.1 Å². The van der Waals surface area contributed by atoms with Crippen LogP contribution in [-0.4, -0.2) is 13.1 Å². The van der Waals surface area contributed by atoms with Crippen molar-refractivity contribution in [3.63, 3.8) is 0 Å². The Kier molecular flexibility index (Phi) is 4.85. The maximum absolute atomic E-state index is 12.0. The number of anilines is 3. The highest BCUT2D eigenvalue weighted by molar-refractivity contribution is 6.00. The van der Waals surface area contributed by atoms with Gasteiger partial charge >= 0.3 is 6.03 Å². The minimum Gasteiger partial charge on any atom is -0.495 e. The first kappa shape index (κ1) is 15.7. The number of amides is 2. The van der Waals surface area contributed by atoms with E-state index in [1.54, 1.807) is 24.3 Å². The van der Waals surface area contributed by atoms with Crippen molar-refractivity contribution in [2.45, 2.75) is 13.0 Å². The second kappa shape index (κ2) is 6.82. The third-order valence-corrected chi connectivity index (χ3v) is 3.16. The Bertz CT molecular complexity index is 671. The summed E-state index contributed by atoms with van der Waals surface area (Å²) >= 11 is 0. The van der Waals surface area contributed by atoms with Crippen LogP contribution in [-0.2, 0) is 0 Å². The van der Waals surface area contributed by atoms with E-state index >= 15 is 0 Å². The molecule has 0 aliphatic rings. The molecule has 0 saturated carbocycles. The van der Waals surface area contributed by atoms with Gasteiger partial charge in [-0.3, -0.25) is 0 Å². The number of carbonyl (C=O) groups is 1. The van der Waals surface area contributed by atoms with Crippen LogP contribution in [0.5, 0.6) is 5.75 Å². The zero-order valence-electron chi connectivity index (χ0n) is 12.6. The number of nitrogens with two attached hydrogens (primary N) is 2. The lowest BCUT2D eigenvalue weighted by Gasteiger charge is -2.12. The second-order valence-electron chi connectivity index (χ2n) is 4.95. The molecule has 116 valence electrons. The summed E-state index contributed by atoms with van der Waals surface area (Å²) in [5, 5.41) is 5.48. The van der Waals surface area contributed by atoms with E-state index in [1.165, 1.54) is 7.11 Å². The predicted molar refractivity (Wildman–Crippen MR) is 89.1 cm³/mol. The van der Waals surface area contributed by atoms with E-state index in [2.05, 4.69) is 10.6 Å². The van der Waals surface area contributed by atoms with E-state index in [-0.39, 0.29) is 12.1 Å². The molecule has 2 amide bonds. The molecule has 2 aromatic carbocycles. The molecule has 0 spiro atoms. The second-order valence-corrected chi connectivity index (χ2v) is 4.95. The first-order valence-electron chi connectivity index (χ1n) is 6.86. The van der Waals surface area contributed by atoms with Gasteiger partial charge in [-0.25, -0.2) is 4.79 Å². The van der Waals surface area contributed by atoms with Crippen LogP contribution in [0.1, 0.15) is 18.5 Å². The SMILES string of the molecule is COc1cc(NC(=O)Nc2cccc([C@H](C)N)c2)ccc1N. The maximum Gasteiger partial charge on any atom is 0.323 e. The number of nitrogens with one attached hydrogen (secondary N) is 2. The molecule has 0 saturated heterocycles. The van der Waals surface area contributed by atoms with E-state index in [0.29, 0.717) is 22.8 Å². The van der Waals surface area contributed by atoms with E-state index < -0.39 is 0 Å². The zero-order valence-corrected chi connectivity index (χ0v) is 12.6. The average Bonchev–Trinajstić information content (AvgIpc) is 2.49. The topological polar surface area (TPSA) is 102 Å². The van der Waals surface area contributed by atoms with E-state index in [4.69, 9.17) is 16.2 Å². The molecule has 0 radical (unpaired) electrons. The first-order chi connectivity index (χ1) is 10.5. The summed E-state index contributed by atoms with van der Waals surface area (Å²) in [6.45, 7) is 1.89. The van der Waals surface area contributed by atoms with Gasteiger partial charge in [0.05, 0.1) is 12.8 Å². The Labute approximate surface area is 129 Å². The van der Waals surface area contributed by atoms with Crippen LogP contribution in [0.2, 0.25) is 0 Å². The lowest BCUT2D eigenvalue weighted by molar-refractivity contribution is 0.262. The molecule has 6 heteroatoms. The molecule has 0 aliphatic carbocycles. The van der Waals surface area contributed by atoms with Crippen LogP contribution in [0.15, 0.2) is 42.5 Å². The van der Waals surface area contributed by atoms with Crippen molar-refractivity contribution in [1.82, 2.24) is 0 Å². The van der Waals surface area contributed by atoms with Crippen molar-refractivity contribution in [2.75, 3.05) is 23.5 Å². The average molecular weight is 300 g/mol. The number of ether oxygens (including phenoxy) is 1. The molecular formula is C16H20N4O2. The van der Waals surface area contributed by atoms with Gasteiger partial charge in [-0.05, 0) is 36.8 Å². The minimum absolute atomic E-state index is 0.0915. The molecule has 2 rings (SSSR count). The molecule has 6 N–H and O–H groups in total. The molecule has 0 heterocycles. The Morgan fingerprint density at radius 3 is 2.45 bits per heavy atom. The van der Waals surface area contributed by atoms with Crippen LogP contribution in [0, 0.1) is 0 Å². The van der Waals surface area contributed by atoms with Gasteiger partial charge in [0, 0.05) is 23.5 Å². The van der Waals surface area contributed by atoms with Crippen LogP contribution in [0.4, 0.5) is 21.9 Å². The lowest BCUT2D eigenvalue weighted by Crippen LogP contribution is -2.19. The molecule has 0 aliphatic heterocycles. The van der Waals surface area contributed by atoms with E-state index in [0.717, 1.165) is 5.56 Å². The monoisotopic (exact) mass is 300 g/mol. The quantitative estimate of drug-likeness (QED) is 0.652. The number of hydrogen-bond donors (Lipinski definition) is 4. The Morgan fingerprint density at radius 2 is 1.82 bits per heavy atom. The van der Waals surface area contributed by atoms with E-state index in [9.17, 15) is 4.79 Å². The van der Waals surface area contributed by atoms with Gasteiger partial charge in [-0.15, -0.1) is 0 Å². The van der Waals surface area contributed by atoms with Crippen LogP contribution < -0.4 is 26.8 Å². The fraction of sp³-hybridized carbons (Fsp3) is 0.188. The predicted octanol–water partition coefficient (Wildman–Crippen LogP) is 2.94. The number of carbonyl (C=O) groups excluding carboxylic acids is 1. The number of nitrogen functional groups attached to an aromatic ring is 1. The van der Waals surface area contributed by atoms with Gasteiger partial charge in [0.1, 0.15) is 5.75 Å². The van der Waals surface area contributed by atoms with E-state index in [1.807, 2.05) is 25.1 Å². The standard InChI is InChI=1S/C16H20N4O2/c1-10(17)11-4-3-5-12(8-11)19-16(21)20-13-6-7-14(18)15(9-13)22-2/h3-10H,17-18H2,1-2H3,(H2,19,20,21)/t10-/m0/s1. The molecule has 22 heavy (non-hydrogen) atoms. The number of methoxy groups -OCH3 is 1. The fourth-order valence-corrected chi connectivity index (χ4v) is 1.98. The van der Waals surface area contributed by atoms with Gasteiger partial charge in [0.2, 0.25) is 0 Å². The Morgan fingerprint density at radius 1 is 1.14 bits per heavy atom. The molecule has 0 bridgehead atoms. The summed E-state index contributed by atoms with van der Waals surface area (Å²) in [5.41, 5.74) is 14.3. The highest BCUT2D eigenvalue weighted by Gasteiger charge is 2.07. The summed E-state index contributed by atoms with van der Waals surface area (Å²) in [6.07, 6.45) is 0. The van der Waals surface area contributed by atoms with Crippen LogP contribution in [0.25, 0.3) is 0 Å². The van der Waals surface area contributed by atoms with Gasteiger partial charge < -0.3 is 26.8 Å². The van der Waals surface area contributed by atoms with Gasteiger partial charge in [0.25, 0.3) is 0 Å². The van der Waals surface area contributed by atoms with Crippen molar-refractivity contribution in [2.24, 2.45) is 5.73 Å². The molecule has 2 aromatic rings. The molecule has 1 atom stereocenters. The number of rotatable bonds is 4. The fourth-order valence-electron chi connectivity index (χ4n) is 1.98. The summed E-state index contributed by atoms with van der Waals surface area (Å²) in [4.78, 5) is 12.0. The highest BCUT2D eigenvalue weighted by atomic mass is 16.5. The van der Waals surface area contributed by atoms with Crippen molar-refractivity contribution in [3.05, 3.63) is 48.0 Å². The maximum atomic E-state index is 12.0. The third kappa shape index (κ3) is 3.89. The summed E-state index contributed by atoms with van der Waals surface area (Å²) in [5.74, 6) is 0.511. The molecule has 6 nitrogen and oxygen atoms in total. The Hall–Kier alpha value is -2.73. The smallest absolute Gasteiger partial charge is 0.323 e. The summed E-state index contributed by atoms with van der Waals surface area (Å²) in [7, 11) is 1.52. The van der Waals surface area contributed by atoms with Crippen molar-refractivity contribution < 1.29 is 9.53 Å².